The van der Waals surface area contributed by atoms with Crippen LogP contribution in [0.3, 0.4) is 0 Å². The van der Waals surface area contributed by atoms with Crippen molar-refractivity contribution in [1.29, 1.82) is 0 Å². The number of halogens is 2. The Kier molecular flexibility index (Phi) is 9.19. The zero-order chi connectivity index (χ0) is 7.40. The highest BCUT2D eigenvalue weighted by atomic mass is 35.5. The van der Waals surface area contributed by atoms with E-state index in [0.717, 1.165) is 26.2 Å². The van der Waals surface area contributed by atoms with Crippen molar-refractivity contribution in [1.82, 2.24) is 10.2 Å². The zero-order valence-electron chi connectivity index (χ0n) is 6.78. The largest absolute Gasteiger partial charge is 0.339 e. The molecule has 0 atom stereocenters. The molecule has 12 heavy (non-hydrogen) atoms. The Morgan fingerprint density at radius 2 is 1.83 bits per heavy atom. The summed E-state index contributed by atoms with van der Waals surface area (Å²) in [6.45, 7) is 3.53. The van der Waals surface area contributed by atoms with Crippen LogP contribution < -0.4 is 11.1 Å². The molecule has 1 heterocycles. The number of hydrogen-bond donors (Lipinski definition) is 2. The van der Waals surface area contributed by atoms with Gasteiger partial charge in [-0.1, -0.05) is 0 Å². The first-order valence-electron chi connectivity index (χ1n) is 3.53. The number of amides is 1. The van der Waals surface area contributed by atoms with E-state index in [0.29, 0.717) is 0 Å². The third-order valence-corrected chi connectivity index (χ3v) is 1.64. The van der Waals surface area contributed by atoms with Crippen LogP contribution in [0.5, 0.6) is 0 Å². The topological polar surface area (TPSA) is 58.4 Å². The number of hydrogen-bond acceptors (Lipinski definition) is 3. The molecule has 0 spiro atoms. The second kappa shape index (κ2) is 7.61. The number of nitrogens with two attached hydrogens (primary N) is 1. The van der Waals surface area contributed by atoms with E-state index in [4.69, 9.17) is 5.73 Å². The van der Waals surface area contributed by atoms with Crippen LogP contribution in [-0.2, 0) is 4.79 Å². The number of carbonyl (C=O) groups is 1. The predicted molar refractivity (Wildman–Crippen MR) is 53.0 cm³/mol. The van der Waals surface area contributed by atoms with Gasteiger partial charge in [0.05, 0.1) is 6.54 Å². The predicted octanol–water partition coefficient (Wildman–Crippen LogP) is -0.779. The van der Waals surface area contributed by atoms with Crippen molar-refractivity contribution in [3.8, 4) is 0 Å². The van der Waals surface area contributed by atoms with E-state index in [1.165, 1.54) is 0 Å². The van der Waals surface area contributed by atoms with E-state index in [2.05, 4.69) is 5.32 Å². The Labute approximate surface area is 84.7 Å². The molecule has 74 valence electrons. The van der Waals surface area contributed by atoms with Gasteiger partial charge < -0.3 is 16.0 Å². The molecule has 3 N–H and O–H groups in total. The van der Waals surface area contributed by atoms with Crippen molar-refractivity contribution in [3.63, 3.8) is 0 Å². The molecule has 0 radical (unpaired) electrons. The van der Waals surface area contributed by atoms with Crippen molar-refractivity contribution >= 4 is 30.7 Å². The Balaban J connectivity index is 0. The fraction of sp³-hybridized carbons (Fsp3) is 0.833. The van der Waals surface area contributed by atoms with E-state index >= 15 is 0 Å². The third-order valence-electron chi connectivity index (χ3n) is 1.64. The Bertz CT molecular complexity index is 128. The molecule has 1 saturated heterocycles. The molecule has 0 unspecified atom stereocenters. The van der Waals surface area contributed by atoms with Gasteiger partial charge in [0.25, 0.3) is 0 Å². The maximum absolute atomic E-state index is 10.9. The first-order valence-corrected chi connectivity index (χ1v) is 3.53. The minimum atomic E-state index is 0. The summed E-state index contributed by atoms with van der Waals surface area (Å²) in [5, 5.41) is 3.16. The number of rotatable bonds is 1. The molecule has 6 heteroatoms. The molecule has 1 aliphatic rings. The summed E-state index contributed by atoms with van der Waals surface area (Å²) in [7, 11) is 0. The Morgan fingerprint density at radius 3 is 2.25 bits per heavy atom. The van der Waals surface area contributed by atoms with Crippen LogP contribution in [0, 0.1) is 0 Å². The van der Waals surface area contributed by atoms with E-state index in [1.807, 2.05) is 0 Å². The number of nitrogens with one attached hydrogen (secondary N) is 1. The maximum atomic E-state index is 10.9. The number of piperazine rings is 1. The van der Waals surface area contributed by atoms with Gasteiger partial charge in [0.15, 0.2) is 0 Å². The molecule has 0 aromatic rings. The second-order valence-corrected chi connectivity index (χ2v) is 2.33. The van der Waals surface area contributed by atoms with Gasteiger partial charge in [-0.25, -0.2) is 0 Å². The summed E-state index contributed by atoms with van der Waals surface area (Å²) in [5.41, 5.74) is 5.19. The van der Waals surface area contributed by atoms with Crippen LogP contribution in [0.15, 0.2) is 0 Å². The average Bonchev–Trinajstić information content (AvgIpc) is 2.05. The van der Waals surface area contributed by atoms with Gasteiger partial charge in [-0.3, -0.25) is 4.79 Å². The summed E-state index contributed by atoms with van der Waals surface area (Å²) < 4.78 is 0. The molecule has 1 rings (SSSR count). The van der Waals surface area contributed by atoms with Gasteiger partial charge >= 0.3 is 0 Å². The van der Waals surface area contributed by atoms with E-state index in [-0.39, 0.29) is 37.3 Å². The molecule has 0 bridgehead atoms. The van der Waals surface area contributed by atoms with Gasteiger partial charge in [0.2, 0.25) is 5.91 Å². The Hall–Kier alpha value is -0.0300. The first kappa shape index (κ1) is 14.5. The fourth-order valence-electron chi connectivity index (χ4n) is 1.04. The van der Waals surface area contributed by atoms with Crippen LogP contribution in [0.4, 0.5) is 0 Å². The van der Waals surface area contributed by atoms with Crippen LogP contribution in [0.2, 0.25) is 0 Å². The molecule has 1 aliphatic heterocycles. The summed E-state index contributed by atoms with van der Waals surface area (Å²) >= 11 is 0. The van der Waals surface area contributed by atoms with Crippen LogP contribution >= 0.6 is 24.8 Å². The van der Waals surface area contributed by atoms with Crippen molar-refractivity contribution in [2.24, 2.45) is 5.73 Å². The fourth-order valence-corrected chi connectivity index (χ4v) is 1.04. The highest BCUT2D eigenvalue weighted by Gasteiger charge is 2.13. The monoisotopic (exact) mass is 215 g/mol. The molecule has 0 saturated carbocycles. The van der Waals surface area contributed by atoms with Gasteiger partial charge in [-0.05, 0) is 0 Å². The quantitative estimate of drug-likeness (QED) is 0.604. The average molecular weight is 216 g/mol. The number of nitrogens with zero attached hydrogens (tertiary/aromatic N) is 1. The van der Waals surface area contributed by atoms with Crippen molar-refractivity contribution in [2.75, 3.05) is 32.7 Å². The molecule has 1 fully saturated rings. The highest BCUT2D eigenvalue weighted by Crippen LogP contribution is 1.90. The second-order valence-electron chi connectivity index (χ2n) is 2.33. The molecular weight excluding hydrogens is 201 g/mol. The summed E-state index contributed by atoms with van der Waals surface area (Å²) in [4.78, 5) is 12.7. The molecule has 4 nitrogen and oxygen atoms in total. The smallest absolute Gasteiger partial charge is 0.236 e. The molecule has 0 aromatic heterocycles. The molecule has 0 aliphatic carbocycles. The van der Waals surface area contributed by atoms with Crippen LogP contribution in [0.25, 0.3) is 0 Å². The third kappa shape index (κ3) is 4.11. The van der Waals surface area contributed by atoms with Gasteiger partial charge in [-0.2, -0.15) is 0 Å². The SMILES string of the molecule is Cl.Cl.NCC(=O)N1CCNCC1. The van der Waals surface area contributed by atoms with Crippen molar-refractivity contribution in [3.05, 3.63) is 0 Å². The first-order chi connectivity index (χ1) is 4.84. The standard InChI is InChI=1S/C6H13N3O.2ClH/c7-5-6(10)9-3-1-8-2-4-9;;/h8H,1-5,7H2;2*1H. The van der Waals surface area contributed by atoms with Crippen molar-refractivity contribution < 1.29 is 4.79 Å². The lowest BCUT2D eigenvalue weighted by molar-refractivity contribution is -0.130. The van der Waals surface area contributed by atoms with Crippen LogP contribution in [-0.4, -0.2) is 43.5 Å². The molecular formula is C6H15Cl2N3O. The van der Waals surface area contributed by atoms with Gasteiger partial charge in [-0.15, -0.1) is 24.8 Å². The Morgan fingerprint density at radius 1 is 1.33 bits per heavy atom. The van der Waals surface area contributed by atoms with Gasteiger partial charge in [0.1, 0.15) is 0 Å². The molecule has 0 aromatic carbocycles. The van der Waals surface area contributed by atoms with Crippen LogP contribution in [0.1, 0.15) is 0 Å². The highest BCUT2D eigenvalue weighted by molar-refractivity contribution is 5.85. The van der Waals surface area contributed by atoms with E-state index in [9.17, 15) is 4.79 Å². The molecule has 1 amide bonds. The zero-order valence-corrected chi connectivity index (χ0v) is 8.42. The minimum Gasteiger partial charge on any atom is -0.339 e. The van der Waals surface area contributed by atoms with Gasteiger partial charge in [0, 0.05) is 26.2 Å². The van der Waals surface area contributed by atoms with E-state index in [1.54, 1.807) is 4.90 Å². The summed E-state index contributed by atoms with van der Waals surface area (Å²) in [6.07, 6.45) is 0. The van der Waals surface area contributed by atoms with Crippen molar-refractivity contribution in [2.45, 2.75) is 0 Å². The maximum Gasteiger partial charge on any atom is 0.236 e. The van der Waals surface area contributed by atoms with E-state index < -0.39 is 0 Å². The lowest BCUT2D eigenvalue weighted by Crippen LogP contribution is -2.48. The summed E-state index contributed by atoms with van der Waals surface area (Å²) in [6, 6.07) is 0. The lowest BCUT2D eigenvalue weighted by atomic mass is 10.3. The minimum absolute atomic E-state index is 0. The number of carbonyl (C=O) groups excluding carboxylic acids is 1. The summed E-state index contributed by atoms with van der Waals surface area (Å²) in [5.74, 6) is 0.0569. The normalized spacial score (nSPS) is 15.9. The lowest BCUT2D eigenvalue weighted by Gasteiger charge is -2.26.